The molecule has 3 aromatic rings. The normalized spacial score (nSPS) is 11.2. The van der Waals surface area contributed by atoms with Crippen molar-refractivity contribution >= 4 is 27.7 Å². The first-order valence-electron chi connectivity index (χ1n) is 8.02. The van der Waals surface area contributed by atoms with Crippen molar-refractivity contribution in [2.45, 2.75) is 25.5 Å². The third kappa shape index (κ3) is 3.45. The molecular formula is C20H21BrN2S. The van der Waals surface area contributed by atoms with Gasteiger partial charge in [0.15, 0.2) is 0 Å². The van der Waals surface area contributed by atoms with Crippen molar-refractivity contribution < 1.29 is 0 Å². The Bertz CT molecular complexity index is 839. The predicted molar refractivity (Wildman–Crippen MR) is 108 cm³/mol. The highest BCUT2D eigenvalue weighted by Gasteiger charge is 2.13. The zero-order valence-corrected chi connectivity index (χ0v) is 16.6. The Labute approximate surface area is 156 Å². The van der Waals surface area contributed by atoms with Gasteiger partial charge in [-0.2, -0.15) is 11.8 Å². The van der Waals surface area contributed by atoms with E-state index in [4.69, 9.17) is 0 Å². The van der Waals surface area contributed by atoms with Crippen LogP contribution in [-0.4, -0.2) is 15.8 Å². The number of hydrogen-bond donors (Lipinski definition) is 0. The zero-order valence-electron chi connectivity index (χ0n) is 14.2. The van der Waals surface area contributed by atoms with Crippen LogP contribution in [0.15, 0.2) is 59.3 Å². The van der Waals surface area contributed by atoms with Gasteiger partial charge >= 0.3 is 0 Å². The lowest BCUT2D eigenvalue weighted by Crippen LogP contribution is -2.00. The highest BCUT2D eigenvalue weighted by atomic mass is 79.9. The molecule has 4 heteroatoms. The quantitative estimate of drug-likeness (QED) is 0.500. The second-order valence-electron chi connectivity index (χ2n) is 6.07. The summed E-state index contributed by atoms with van der Waals surface area (Å²) in [5.41, 5.74) is 4.96. The van der Waals surface area contributed by atoms with Gasteiger partial charge in [0.05, 0.1) is 0 Å². The van der Waals surface area contributed by atoms with Gasteiger partial charge in [0.2, 0.25) is 0 Å². The van der Waals surface area contributed by atoms with E-state index in [1.54, 1.807) is 0 Å². The summed E-state index contributed by atoms with van der Waals surface area (Å²) >= 11 is 5.55. The molecule has 0 bridgehead atoms. The van der Waals surface area contributed by atoms with Crippen LogP contribution >= 0.6 is 27.7 Å². The molecule has 0 saturated carbocycles. The van der Waals surface area contributed by atoms with Gasteiger partial charge in [-0.25, -0.2) is 4.98 Å². The fourth-order valence-electron chi connectivity index (χ4n) is 2.87. The molecule has 0 aliphatic rings. The Kier molecular flexibility index (Phi) is 5.47. The number of thioether (sulfide) groups is 1. The van der Waals surface area contributed by atoms with Gasteiger partial charge < -0.3 is 0 Å². The third-order valence-electron chi connectivity index (χ3n) is 4.08. The summed E-state index contributed by atoms with van der Waals surface area (Å²) in [5, 5.41) is 0. The topological polar surface area (TPSA) is 17.8 Å². The van der Waals surface area contributed by atoms with Gasteiger partial charge in [-0.15, -0.1) is 0 Å². The molecule has 24 heavy (non-hydrogen) atoms. The number of imidazole rings is 1. The van der Waals surface area contributed by atoms with E-state index in [2.05, 4.69) is 88.0 Å². The first kappa shape index (κ1) is 17.3. The van der Waals surface area contributed by atoms with Crippen LogP contribution in [0.1, 0.15) is 30.9 Å². The van der Waals surface area contributed by atoms with Crippen molar-refractivity contribution in [2.75, 3.05) is 6.26 Å². The molecule has 0 unspecified atom stereocenters. The second kappa shape index (κ2) is 7.58. The molecule has 0 radical (unpaired) electrons. The van der Waals surface area contributed by atoms with E-state index in [1.165, 1.54) is 16.7 Å². The molecule has 3 rings (SSSR count). The van der Waals surface area contributed by atoms with Crippen LogP contribution in [0.3, 0.4) is 0 Å². The van der Waals surface area contributed by atoms with E-state index in [0.717, 1.165) is 21.7 Å². The van der Waals surface area contributed by atoms with Crippen molar-refractivity contribution in [3.05, 3.63) is 70.5 Å². The van der Waals surface area contributed by atoms with Gasteiger partial charge in [0.25, 0.3) is 0 Å². The minimum Gasteiger partial charge on any atom is -0.300 e. The molecule has 2 aromatic carbocycles. The number of halogens is 1. The number of aromatic nitrogens is 2. The number of hydrogen-bond acceptors (Lipinski definition) is 2. The van der Waals surface area contributed by atoms with Crippen molar-refractivity contribution in [3.63, 3.8) is 0 Å². The smallest absolute Gasteiger partial charge is 0.144 e. The number of benzene rings is 2. The number of rotatable bonds is 5. The highest BCUT2D eigenvalue weighted by molar-refractivity contribution is 9.10. The summed E-state index contributed by atoms with van der Waals surface area (Å²) < 4.78 is 3.31. The van der Waals surface area contributed by atoms with E-state index in [0.29, 0.717) is 5.92 Å². The molecule has 0 spiro atoms. The molecule has 1 heterocycles. The lowest BCUT2D eigenvalue weighted by atomic mass is 10.0. The van der Waals surface area contributed by atoms with Gasteiger partial charge in [0, 0.05) is 33.9 Å². The Morgan fingerprint density at radius 2 is 1.96 bits per heavy atom. The van der Waals surface area contributed by atoms with Gasteiger partial charge in [-0.3, -0.25) is 4.57 Å². The molecule has 0 aliphatic heterocycles. The maximum absolute atomic E-state index is 4.63. The maximum Gasteiger partial charge on any atom is 0.144 e. The summed E-state index contributed by atoms with van der Waals surface area (Å²) in [5.74, 6) is 2.47. The summed E-state index contributed by atoms with van der Waals surface area (Å²) in [6.07, 6.45) is 6.03. The molecule has 1 aromatic heterocycles. The van der Waals surface area contributed by atoms with E-state index < -0.39 is 0 Å². The molecule has 0 atom stereocenters. The van der Waals surface area contributed by atoms with Crippen molar-refractivity contribution in [3.8, 4) is 17.1 Å². The minimum absolute atomic E-state index is 0.498. The van der Waals surface area contributed by atoms with E-state index >= 15 is 0 Å². The Morgan fingerprint density at radius 1 is 1.17 bits per heavy atom. The average Bonchev–Trinajstić information content (AvgIpc) is 3.04. The fraction of sp³-hybridized carbons (Fsp3) is 0.250. The van der Waals surface area contributed by atoms with Gasteiger partial charge in [-0.05, 0) is 35.4 Å². The van der Waals surface area contributed by atoms with E-state index in [9.17, 15) is 0 Å². The summed E-state index contributed by atoms with van der Waals surface area (Å²) in [4.78, 5) is 4.63. The van der Waals surface area contributed by atoms with Crippen LogP contribution in [-0.2, 0) is 5.75 Å². The predicted octanol–water partition coefficient (Wildman–Crippen LogP) is 6.29. The van der Waals surface area contributed by atoms with Gasteiger partial charge in [-0.1, -0.05) is 60.1 Å². The molecule has 0 amide bonds. The molecule has 0 aliphatic carbocycles. The lowest BCUT2D eigenvalue weighted by molar-refractivity contribution is 0.859. The van der Waals surface area contributed by atoms with E-state index in [1.807, 2.05) is 24.2 Å². The van der Waals surface area contributed by atoms with Gasteiger partial charge in [0.1, 0.15) is 5.82 Å². The first-order chi connectivity index (χ1) is 11.6. The first-order valence-corrected chi connectivity index (χ1v) is 10.2. The Morgan fingerprint density at radius 3 is 2.67 bits per heavy atom. The largest absolute Gasteiger partial charge is 0.300 e. The maximum atomic E-state index is 4.63. The second-order valence-corrected chi connectivity index (χ2v) is 7.79. The number of nitrogens with zero attached hydrogens (tertiary/aromatic N) is 2. The monoisotopic (exact) mass is 400 g/mol. The fourth-order valence-corrected chi connectivity index (χ4v) is 4.25. The lowest BCUT2D eigenvalue weighted by Gasteiger charge is -2.14. The molecule has 2 nitrogen and oxygen atoms in total. The minimum atomic E-state index is 0.498. The molecule has 124 valence electrons. The van der Waals surface area contributed by atoms with Crippen LogP contribution < -0.4 is 0 Å². The van der Waals surface area contributed by atoms with Crippen molar-refractivity contribution in [2.24, 2.45) is 0 Å². The summed E-state index contributed by atoms with van der Waals surface area (Å²) in [6, 6.07) is 15.1. The van der Waals surface area contributed by atoms with E-state index in [-0.39, 0.29) is 0 Å². The molecular weight excluding hydrogens is 380 g/mol. The SMILES string of the molecule is CSCc1ccccc1-c1nccn1-c1ccc(C(C)C)c(Br)c1. The zero-order chi connectivity index (χ0) is 17.1. The molecule has 0 saturated heterocycles. The average molecular weight is 401 g/mol. The van der Waals surface area contributed by atoms with Crippen LogP contribution in [0.25, 0.3) is 17.1 Å². The highest BCUT2D eigenvalue weighted by Crippen LogP contribution is 2.30. The standard InChI is InChI=1S/C20H21BrN2S/c1-14(2)17-9-8-16(12-19(17)21)23-11-10-22-20(23)18-7-5-4-6-15(18)13-24-3/h4-12,14H,13H2,1-3H3. The van der Waals surface area contributed by atoms with Crippen molar-refractivity contribution in [1.29, 1.82) is 0 Å². The third-order valence-corrected chi connectivity index (χ3v) is 5.37. The summed E-state index contributed by atoms with van der Waals surface area (Å²) in [7, 11) is 0. The van der Waals surface area contributed by atoms with Crippen molar-refractivity contribution in [1.82, 2.24) is 9.55 Å². The Hall–Kier alpha value is -1.52. The van der Waals surface area contributed by atoms with Crippen LogP contribution in [0.4, 0.5) is 0 Å². The molecule has 0 fully saturated rings. The molecule has 0 N–H and O–H groups in total. The van der Waals surface area contributed by atoms with Crippen LogP contribution in [0.2, 0.25) is 0 Å². The summed E-state index contributed by atoms with van der Waals surface area (Å²) in [6.45, 7) is 4.42. The Balaban J connectivity index is 2.08. The van der Waals surface area contributed by atoms with Crippen LogP contribution in [0.5, 0.6) is 0 Å². The van der Waals surface area contributed by atoms with Crippen LogP contribution in [0, 0.1) is 0 Å².